The van der Waals surface area contributed by atoms with Crippen LogP contribution in [0, 0.1) is 0 Å². The van der Waals surface area contributed by atoms with Crippen molar-refractivity contribution in [3.05, 3.63) is 0 Å². The van der Waals surface area contributed by atoms with Gasteiger partial charge in [-0.3, -0.25) is 0 Å². The van der Waals surface area contributed by atoms with Crippen LogP contribution in [0.4, 0.5) is 0 Å². The molecule has 0 aliphatic rings. The molecule has 0 N–H and O–H groups in total. The highest BCUT2D eigenvalue weighted by Crippen LogP contribution is 1.14. The number of rotatable bonds is 0. The highest BCUT2D eigenvalue weighted by Gasteiger charge is 0.932. The maximum atomic E-state index is 2.00. The van der Waals surface area contributed by atoms with Crippen molar-refractivity contribution in [2.45, 2.75) is 13.8 Å². The first-order valence-electron chi connectivity index (χ1n) is 1.00. The first kappa shape index (κ1) is 27.1. The van der Waals surface area contributed by atoms with Gasteiger partial charge in [-0.25, -0.2) is 0 Å². The summed E-state index contributed by atoms with van der Waals surface area (Å²) in [6.45, 7) is 4.00. The summed E-state index contributed by atoms with van der Waals surface area (Å²) < 4.78 is 0. The fourth-order valence-electron chi connectivity index (χ4n) is 0. The smallest absolute Gasteiger partial charge is 0.0683 e. The zero-order chi connectivity index (χ0) is 2.00. The van der Waals surface area contributed by atoms with E-state index in [9.17, 15) is 0 Å². The van der Waals surface area contributed by atoms with Crippen LogP contribution in [0.15, 0.2) is 0 Å². The zero-order valence-corrected chi connectivity index (χ0v) is 10.2. The van der Waals surface area contributed by atoms with Crippen LogP contribution in [0.5, 0.6) is 0 Å². The van der Waals surface area contributed by atoms with Gasteiger partial charge in [0.2, 0.25) is 0 Å². The van der Waals surface area contributed by atoms with Crippen molar-refractivity contribution >= 4 is 71.9 Å². The van der Waals surface area contributed by atoms with E-state index >= 15 is 0 Å². The summed E-state index contributed by atoms with van der Waals surface area (Å²) in [4.78, 5) is 0. The number of halogens is 3. The summed E-state index contributed by atoms with van der Waals surface area (Å²) in [5.41, 5.74) is 0. The van der Waals surface area contributed by atoms with Crippen LogP contribution < -0.4 is 0 Å². The van der Waals surface area contributed by atoms with E-state index in [-0.39, 0.29) is 71.9 Å². The molecule has 0 aliphatic heterocycles. The fourth-order valence-corrected chi connectivity index (χ4v) is 0. The first-order chi connectivity index (χ1) is 1.00. The molecule has 0 amide bonds. The van der Waals surface area contributed by atoms with Crippen molar-refractivity contribution in [1.29, 1.82) is 0 Å². The van der Waals surface area contributed by atoms with Gasteiger partial charge in [-0.1, -0.05) is 13.8 Å². The molecule has 0 bridgehead atoms. The minimum atomic E-state index is 0. The van der Waals surface area contributed by atoms with Gasteiger partial charge in [0.25, 0.3) is 0 Å². The van der Waals surface area contributed by atoms with E-state index in [1.807, 2.05) is 13.8 Å². The van der Waals surface area contributed by atoms with Crippen LogP contribution in [-0.2, 0) is 0 Å². The lowest BCUT2D eigenvalue weighted by Crippen LogP contribution is -0.856. The third-order valence-corrected chi connectivity index (χ3v) is 0. The largest absolute Gasteiger partial charge is 0.107 e. The van der Waals surface area contributed by atoms with Crippen LogP contribution >= 0.6 is 71.9 Å². The summed E-state index contributed by atoms with van der Waals surface area (Å²) in [7, 11) is 0. The van der Waals surface area contributed by atoms with E-state index in [1.165, 1.54) is 0 Å². The number of hydrogen-bond donors (Lipinski definition) is 0. The molecule has 0 fully saturated rings. The molecule has 0 aromatic heterocycles. The van der Waals surface area contributed by atoms with Gasteiger partial charge in [0.15, 0.2) is 0 Å². The van der Waals surface area contributed by atoms with Gasteiger partial charge in [0.05, 0.1) is 0 Å². The first-order valence-corrected chi connectivity index (χ1v) is 1.00. The molecular weight excluding hydrogens is 405 g/mol. The van der Waals surface area contributed by atoms with Crippen molar-refractivity contribution in [2.75, 3.05) is 0 Å². The molecule has 0 unspecified atom stereocenters. The standard InChI is InChI=1S/C2H6.3HI/c1-2;;;/h1-2H3;3*1H. The summed E-state index contributed by atoms with van der Waals surface area (Å²) in [5, 5.41) is 0. The Bertz CT molecular complexity index is 4.85. The highest BCUT2D eigenvalue weighted by molar-refractivity contribution is 14.0. The summed E-state index contributed by atoms with van der Waals surface area (Å²) in [6, 6.07) is 0. The van der Waals surface area contributed by atoms with E-state index in [0.717, 1.165) is 0 Å². The molecule has 38 valence electrons. The van der Waals surface area contributed by atoms with Gasteiger partial charge in [-0.2, -0.15) is 0 Å². The third kappa shape index (κ3) is 22.7. The Hall–Kier alpha value is 2.19. The molecule has 0 aliphatic carbocycles. The van der Waals surface area contributed by atoms with E-state index in [1.54, 1.807) is 0 Å². The Morgan fingerprint density at radius 1 is 0.600 bits per heavy atom. The Balaban J connectivity index is -0.00000000167. The zero-order valence-electron chi connectivity index (χ0n) is 3.22. The van der Waals surface area contributed by atoms with Crippen molar-refractivity contribution in [2.24, 2.45) is 0 Å². The predicted octanol–water partition coefficient (Wildman–Crippen LogP) is 2.88. The molecule has 0 nitrogen and oxygen atoms in total. The maximum Gasteiger partial charge on any atom is -0.0683 e. The van der Waals surface area contributed by atoms with Crippen molar-refractivity contribution in [3.63, 3.8) is 0 Å². The quantitative estimate of drug-likeness (QED) is 0.536. The topological polar surface area (TPSA) is 0 Å². The minimum Gasteiger partial charge on any atom is -0.107 e. The second-order valence-electron chi connectivity index (χ2n) is 0. The monoisotopic (exact) mass is 414 g/mol. The van der Waals surface area contributed by atoms with Gasteiger partial charge < -0.3 is 0 Å². The van der Waals surface area contributed by atoms with Gasteiger partial charge in [0, 0.05) is 0 Å². The summed E-state index contributed by atoms with van der Waals surface area (Å²) >= 11 is 0. The maximum absolute atomic E-state index is 2.00. The lowest BCUT2D eigenvalue weighted by Gasteiger charge is -1.07. The van der Waals surface area contributed by atoms with Crippen molar-refractivity contribution < 1.29 is 0 Å². The lowest BCUT2D eigenvalue weighted by atomic mass is 11.0. The van der Waals surface area contributed by atoms with Crippen LogP contribution in [0.3, 0.4) is 0 Å². The molecule has 0 spiro atoms. The third-order valence-electron chi connectivity index (χ3n) is 0. The second-order valence-corrected chi connectivity index (χ2v) is 0. The van der Waals surface area contributed by atoms with E-state index in [0.29, 0.717) is 0 Å². The summed E-state index contributed by atoms with van der Waals surface area (Å²) in [6.07, 6.45) is 0. The molecule has 0 saturated carbocycles. The predicted molar refractivity (Wildman–Crippen MR) is 57.6 cm³/mol. The average molecular weight is 414 g/mol. The fraction of sp³-hybridized carbons (Fsp3) is 1.00. The second kappa shape index (κ2) is 34.8. The average Bonchev–Trinajstić information content (AvgIpc) is 1.00. The van der Waals surface area contributed by atoms with Gasteiger partial charge >= 0.3 is 0 Å². The molecule has 0 atom stereocenters. The van der Waals surface area contributed by atoms with Crippen LogP contribution in [-0.4, -0.2) is 0 Å². The Labute approximate surface area is 84.5 Å². The SMILES string of the molecule is CC.I.I.I. The van der Waals surface area contributed by atoms with Gasteiger partial charge in [0.1, 0.15) is 0 Å². The molecule has 0 aromatic rings. The van der Waals surface area contributed by atoms with Crippen LogP contribution in [0.2, 0.25) is 0 Å². The van der Waals surface area contributed by atoms with E-state index in [2.05, 4.69) is 0 Å². The highest BCUT2D eigenvalue weighted by atomic mass is 127. The Morgan fingerprint density at radius 2 is 0.600 bits per heavy atom. The molecule has 0 heterocycles. The lowest BCUT2D eigenvalue weighted by molar-refractivity contribution is 1.50. The molecule has 5 heavy (non-hydrogen) atoms. The summed E-state index contributed by atoms with van der Waals surface area (Å²) in [5.74, 6) is 0. The van der Waals surface area contributed by atoms with Crippen molar-refractivity contribution in [3.8, 4) is 0 Å². The number of hydrogen-bond acceptors (Lipinski definition) is 0. The van der Waals surface area contributed by atoms with Crippen LogP contribution in [0.1, 0.15) is 13.8 Å². The minimum absolute atomic E-state index is 0. The van der Waals surface area contributed by atoms with E-state index < -0.39 is 0 Å². The van der Waals surface area contributed by atoms with Crippen molar-refractivity contribution in [1.82, 2.24) is 0 Å². The Kier molecular flexibility index (Phi) is 188. The molecule has 0 radical (unpaired) electrons. The molecular formula is C2H9I3. The molecule has 0 rings (SSSR count). The van der Waals surface area contributed by atoms with Gasteiger partial charge in [-0.05, 0) is 0 Å². The molecule has 0 saturated heterocycles. The van der Waals surface area contributed by atoms with Crippen LogP contribution in [0.25, 0.3) is 0 Å². The van der Waals surface area contributed by atoms with Gasteiger partial charge in [-0.15, -0.1) is 71.9 Å². The molecule has 3 heteroatoms. The molecule has 0 aromatic carbocycles. The Morgan fingerprint density at radius 3 is 0.600 bits per heavy atom. The van der Waals surface area contributed by atoms with E-state index in [4.69, 9.17) is 0 Å². The normalized spacial score (nSPS) is 1.20.